The molecule has 2 aliphatic heterocycles. The topological polar surface area (TPSA) is 55.4 Å². The highest BCUT2D eigenvalue weighted by Gasteiger charge is 2.21. The van der Waals surface area contributed by atoms with Gasteiger partial charge >= 0.3 is 0 Å². The normalized spacial score (nSPS) is 21.3. The molecule has 2 fully saturated rings. The van der Waals surface area contributed by atoms with Gasteiger partial charge in [0.2, 0.25) is 0 Å². The number of hydrogen-bond donors (Lipinski definition) is 0. The van der Waals surface area contributed by atoms with Gasteiger partial charge in [-0.3, -0.25) is 0 Å². The molecule has 0 aliphatic carbocycles. The summed E-state index contributed by atoms with van der Waals surface area (Å²) in [4.78, 5) is 0. The first-order chi connectivity index (χ1) is 15.7. The van der Waals surface area contributed by atoms with Crippen molar-refractivity contribution >= 4 is 12.2 Å². The van der Waals surface area contributed by atoms with Crippen LogP contribution < -0.4 is 18.9 Å². The number of benzene rings is 2. The smallest absolute Gasteiger partial charge is 0.200 e. The largest absolute Gasteiger partial charge is 0.497 e. The molecule has 6 heteroatoms. The predicted molar refractivity (Wildman–Crippen MR) is 123 cm³/mol. The van der Waals surface area contributed by atoms with Gasteiger partial charge in [0.1, 0.15) is 11.5 Å². The lowest BCUT2D eigenvalue weighted by molar-refractivity contribution is -0.119. The summed E-state index contributed by atoms with van der Waals surface area (Å²) in [5, 5.41) is 0. The minimum Gasteiger partial charge on any atom is -0.497 e. The Morgan fingerprint density at radius 2 is 1.28 bits per heavy atom. The van der Waals surface area contributed by atoms with Crippen LogP contribution >= 0.6 is 0 Å². The molecule has 0 saturated carbocycles. The Morgan fingerprint density at radius 1 is 0.688 bits per heavy atom. The summed E-state index contributed by atoms with van der Waals surface area (Å²) in [7, 11) is 3.29. The molecule has 32 heavy (non-hydrogen) atoms. The Hall–Kier alpha value is -2.70. The molecular weight excluding hydrogens is 408 g/mol. The van der Waals surface area contributed by atoms with E-state index in [2.05, 4.69) is 0 Å². The predicted octanol–water partition coefficient (Wildman–Crippen LogP) is 5.69. The van der Waals surface area contributed by atoms with Crippen molar-refractivity contribution in [3.05, 3.63) is 47.5 Å². The zero-order valence-corrected chi connectivity index (χ0v) is 18.9. The molecular formula is C26H32O6. The fourth-order valence-electron chi connectivity index (χ4n) is 3.83. The second-order valence-corrected chi connectivity index (χ2v) is 8.01. The van der Waals surface area contributed by atoms with E-state index in [0.29, 0.717) is 11.5 Å². The molecule has 2 heterocycles. The van der Waals surface area contributed by atoms with Crippen molar-refractivity contribution in [3.63, 3.8) is 0 Å². The van der Waals surface area contributed by atoms with Crippen molar-refractivity contribution in [1.29, 1.82) is 0 Å². The number of hydrogen-bond acceptors (Lipinski definition) is 6. The van der Waals surface area contributed by atoms with Crippen molar-refractivity contribution in [2.24, 2.45) is 0 Å². The molecule has 0 spiro atoms. The quantitative estimate of drug-likeness (QED) is 0.492. The standard InChI is InChI=1S/C26H32O6/c1-27-21-15-20(16-22(18-21)28-2)10-9-19-11-12-23(31-25-7-3-5-13-29-25)24(17-19)32-26-8-4-6-14-30-26/h9-12,15-18,25-26H,3-8,13-14H2,1-2H3/b10-9+. The van der Waals surface area contributed by atoms with E-state index < -0.39 is 0 Å². The lowest BCUT2D eigenvalue weighted by Gasteiger charge is -2.27. The Balaban J connectivity index is 1.55. The van der Waals surface area contributed by atoms with Crippen molar-refractivity contribution in [1.82, 2.24) is 0 Å². The maximum atomic E-state index is 6.22. The highest BCUT2D eigenvalue weighted by molar-refractivity contribution is 5.72. The Morgan fingerprint density at radius 3 is 1.84 bits per heavy atom. The summed E-state index contributed by atoms with van der Waals surface area (Å²) in [5.41, 5.74) is 1.98. The summed E-state index contributed by atoms with van der Waals surface area (Å²) in [6.45, 7) is 1.46. The van der Waals surface area contributed by atoms with Gasteiger partial charge in [-0.2, -0.15) is 0 Å². The monoisotopic (exact) mass is 440 g/mol. The van der Waals surface area contributed by atoms with Crippen LogP contribution in [0.3, 0.4) is 0 Å². The molecule has 0 N–H and O–H groups in total. The van der Waals surface area contributed by atoms with Crippen LogP contribution in [0, 0.1) is 0 Å². The fraction of sp³-hybridized carbons (Fsp3) is 0.462. The molecule has 0 amide bonds. The van der Waals surface area contributed by atoms with Crippen LogP contribution in [0.15, 0.2) is 36.4 Å². The molecule has 2 aromatic carbocycles. The summed E-state index contributed by atoms with van der Waals surface area (Å²) in [5.74, 6) is 2.86. The first-order valence-corrected chi connectivity index (χ1v) is 11.4. The summed E-state index contributed by atoms with van der Waals surface area (Å²) in [6, 6.07) is 11.7. The summed E-state index contributed by atoms with van der Waals surface area (Å²) < 4.78 is 34.6. The van der Waals surface area contributed by atoms with Gasteiger partial charge in [-0.1, -0.05) is 18.2 Å². The van der Waals surface area contributed by atoms with Gasteiger partial charge in [-0.15, -0.1) is 0 Å². The molecule has 2 unspecified atom stereocenters. The van der Waals surface area contributed by atoms with Crippen LogP contribution in [0.1, 0.15) is 49.7 Å². The van der Waals surface area contributed by atoms with Crippen LogP contribution in [0.25, 0.3) is 12.2 Å². The average Bonchev–Trinajstić information content (AvgIpc) is 2.85. The minimum atomic E-state index is -0.250. The van der Waals surface area contributed by atoms with Crippen LogP contribution in [-0.2, 0) is 9.47 Å². The van der Waals surface area contributed by atoms with Gasteiger partial charge in [-0.05, 0) is 61.1 Å². The molecule has 0 aromatic heterocycles. The maximum absolute atomic E-state index is 6.22. The Labute approximate surface area is 190 Å². The third-order valence-corrected chi connectivity index (χ3v) is 5.60. The first-order valence-electron chi connectivity index (χ1n) is 11.4. The first kappa shape index (κ1) is 22.5. The van der Waals surface area contributed by atoms with Crippen molar-refractivity contribution in [2.45, 2.75) is 51.1 Å². The number of methoxy groups -OCH3 is 2. The summed E-state index contributed by atoms with van der Waals surface area (Å²) >= 11 is 0. The zero-order valence-electron chi connectivity index (χ0n) is 18.9. The Kier molecular flexibility index (Phi) is 7.91. The SMILES string of the molecule is COc1cc(/C=C/c2ccc(OC3CCCCO3)c(OC3CCCCO3)c2)cc(OC)c1. The van der Waals surface area contributed by atoms with Gasteiger partial charge in [0.15, 0.2) is 24.1 Å². The summed E-state index contributed by atoms with van der Waals surface area (Å²) in [6.07, 6.45) is 9.70. The highest BCUT2D eigenvalue weighted by atomic mass is 16.7. The van der Waals surface area contributed by atoms with Gasteiger partial charge in [0.05, 0.1) is 27.4 Å². The maximum Gasteiger partial charge on any atom is 0.200 e. The second kappa shape index (κ2) is 11.2. The van der Waals surface area contributed by atoms with Crippen molar-refractivity contribution in [3.8, 4) is 23.0 Å². The van der Waals surface area contributed by atoms with E-state index in [1.165, 1.54) is 0 Å². The van der Waals surface area contributed by atoms with Crippen molar-refractivity contribution in [2.75, 3.05) is 27.4 Å². The van der Waals surface area contributed by atoms with Crippen molar-refractivity contribution < 1.29 is 28.4 Å². The van der Waals surface area contributed by atoms with Crippen LogP contribution in [0.4, 0.5) is 0 Å². The van der Waals surface area contributed by atoms with E-state index in [0.717, 1.165) is 74.4 Å². The lowest BCUT2D eigenvalue weighted by Crippen LogP contribution is -2.27. The number of ether oxygens (including phenoxy) is 6. The van der Waals surface area contributed by atoms with E-state index >= 15 is 0 Å². The van der Waals surface area contributed by atoms with E-state index in [4.69, 9.17) is 28.4 Å². The number of rotatable bonds is 8. The van der Waals surface area contributed by atoms with E-state index in [9.17, 15) is 0 Å². The van der Waals surface area contributed by atoms with Crippen LogP contribution in [0.2, 0.25) is 0 Å². The van der Waals surface area contributed by atoms with Gasteiger partial charge < -0.3 is 28.4 Å². The average molecular weight is 441 g/mol. The third-order valence-electron chi connectivity index (χ3n) is 5.60. The molecule has 2 aromatic rings. The van der Waals surface area contributed by atoms with Gasteiger partial charge in [0.25, 0.3) is 0 Å². The van der Waals surface area contributed by atoms with E-state index in [1.807, 2.05) is 48.6 Å². The molecule has 2 aliphatic rings. The molecule has 2 atom stereocenters. The van der Waals surface area contributed by atoms with Crippen LogP contribution in [-0.4, -0.2) is 40.0 Å². The fourth-order valence-corrected chi connectivity index (χ4v) is 3.83. The lowest BCUT2D eigenvalue weighted by atomic mass is 10.1. The molecule has 172 valence electrons. The van der Waals surface area contributed by atoms with E-state index in [1.54, 1.807) is 14.2 Å². The molecule has 4 rings (SSSR count). The molecule has 6 nitrogen and oxygen atoms in total. The Bertz CT molecular complexity index is 875. The molecule has 0 bridgehead atoms. The van der Waals surface area contributed by atoms with Crippen LogP contribution in [0.5, 0.6) is 23.0 Å². The molecule has 0 radical (unpaired) electrons. The minimum absolute atomic E-state index is 0.232. The van der Waals surface area contributed by atoms with Gasteiger partial charge in [-0.25, -0.2) is 0 Å². The zero-order chi connectivity index (χ0) is 22.2. The third kappa shape index (κ3) is 6.17. The highest BCUT2D eigenvalue weighted by Crippen LogP contribution is 2.34. The molecule has 2 saturated heterocycles. The van der Waals surface area contributed by atoms with Gasteiger partial charge in [0, 0.05) is 18.9 Å². The van der Waals surface area contributed by atoms with E-state index in [-0.39, 0.29) is 12.6 Å². The second-order valence-electron chi connectivity index (χ2n) is 8.01.